The molecule has 0 saturated carbocycles. The van der Waals surface area contributed by atoms with Crippen molar-refractivity contribution in [2.45, 2.75) is 34.6 Å². The zero-order valence-corrected chi connectivity index (χ0v) is 9.52. The minimum absolute atomic E-state index is 0.0423. The summed E-state index contributed by atoms with van der Waals surface area (Å²) in [6, 6.07) is 0. The molecule has 0 saturated heterocycles. The smallest absolute Gasteiger partial charge is 0.245 e. The molecule has 0 radical (unpaired) electrons. The molecule has 80 valence electrons. The van der Waals surface area contributed by atoms with Gasteiger partial charge < -0.3 is 10.1 Å². The Balaban J connectivity index is 0. The first-order chi connectivity index (χ1) is 6.04. The van der Waals surface area contributed by atoms with Gasteiger partial charge in [0, 0.05) is 13.2 Å². The highest BCUT2D eigenvalue weighted by molar-refractivity contribution is 5.77. The number of nitrogens with one attached hydrogen (secondary N) is 1. The number of hydrogen-bond acceptors (Lipinski definition) is 2. The number of carbonyl (C=O) groups excluding carboxylic acids is 1. The van der Waals surface area contributed by atoms with Gasteiger partial charge in [-0.25, -0.2) is 0 Å². The fourth-order valence-electron chi connectivity index (χ4n) is 0.443. The van der Waals surface area contributed by atoms with E-state index < -0.39 is 0 Å². The summed E-state index contributed by atoms with van der Waals surface area (Å²) in [5.74, 6) is 0.791. The van der Waals surface area contributed by atoms with Gasteiger partial charge in [0.15, 0.2) is 0 Å². The molecule has 0 aromatic heterocycles. The van der Waals surface area contributed by atoms with Crippen molar-refractivity contribution in [2.75, 3.05) is 19.8 Å². The average molecular weight is 189 g/mol. The summed E-state index contributed by atoms with van der Waals surface area (Å²) in [7, 11) is 0. The first-order valence-electron chi connectivity index (χ1n) is 4.88. The molecule has 0 rings (SSSR count). The van der Waals surface area contributed by atoms with Gasteiger partial charge in [-0.15, -0.1) is 0 Å². The van der Waals surface area contributed by atoms with Crippen LogP contribution in [0.15, 0.2) is 0 Å². The Hall–Kier alpha value is -0.570. The van der Waals surface area contributed by atoms with Crippen LogP contribution in [0.4, 0.5) is 0 Å². The van der Waals surface area contributed by atoms with E-state index in [4.69, 9.17) is 4.74 Å². The molecule has 1 amide bonds. The van der Waals surface area contributed by atoms with Crippen LogP contribution in [0, 0.1) is 5.92 Å². The van der Waals surface area contributed by atoms with E-state index in [1.807, 2.05) is 13.8 Å². The van der Waals surface area contributed by atoms with Crippen molar-refractivity contribution in [3.05, 3.63) is 0 Å². The average Bonchev–Trinajstić information content (AvgIpc) is 2.00. The molecule has 0 aliphatic heterocycles. The molecule has 0 bridgehead atoms. The number of rotatable bonds is 4. The maximum absolute atomic E-state index is 10.6. The van der Waals surface area contributed by atoms with E-state index in [9.17, 15) is 4.79 Å². The van der Waals surface area contributed by atoms with Gasteiger partial charge >= 0.3 is 0 Å². The monoisotopic (exact) mass is 189 g/mol. The highest BCUT2D eigenvalue weighted by Gasteiger charge is 1.95. The standard InChI is InChI=1S/C6H13NO2.C4H10/c1-3-7-6(8)5-9-4-2;1-4(2)3/h3-5H2,1-2H3,(H,7,8);4H,1-3H3. The van der Waals surface area contributed by atoms with Crippen molar-refractivity contribution in [3.8, 4) is 0 Å². The Kier molecular flexibility index (Phi) is 13.1. The SMILES string of the molecule is CC(C)C.CCNC(=O)COCC. The number of likely N-dealkylation sites (N-methyl/N-ethyl adjacent to an activating group) is 1. The van der Waals surface area contributed by atoms with E-state index in [1.54, 1.807) is 0 Å². The van der Waals surface area contributed by atoms with Gasteiger partial charge in [0.2, 0.25) is 5.91 Å². The summed E-state index contributed by atoms with van der Waals surface area (Å²) in [5, 5.41) is 2.62. The third-order valence-corrected chi connectivity index (χ3v) is 0.811. The molecule has 0 heterocycles. The van der Waals surface area contributed by atoms with E-state index in [1.165, 1.54) is 0 Å². The molecule has 0 atom stereocenters. The maximum atomic E-state index is 10.6. The predicted octanol–water partition coefficient (Wildman–Crippen LogP) is 1.82. The third kappa shape index (κ3) is 24.6. The van der Waals surface area contributed by atoms with E-state index in [0.29, 0.717) is 13.2 Å². The van der Waals surface area contributed by atoms with Gasteiger partial charge in [0.25, 0.3) is 0 Å². The van der Waals surface area contributed by atoms with Crippen LogP contribution in [0.2, 0.25) is 0 Å². The van der Waals surface area contributed by atoms with Gasteiger partial charge in [-0.2, -0.15) is 0 Å². The van der Waals surface area contributed by atoms with Gasteiger partial charge in [-0.1, -0.05) is 20.8 Å². The van der Waals surface area contributed by atoms with Crippen molar-refractivity contribution in [3.63, 3.8) is 0 Å². The summed E-state index contributed by atoms with van der Waals surface area (Å²) in [6.07, 6.45) is 0. The molecule has 0 aliphatic rings. The number of hydrogen-bond donors (Lipinski definition) is 1. The van der Waals surface area contributed by atoms with E-state index >= 15 is 0 Å². The van der Waals surface area contributed by atoms with E-state index in [0.717, 1.165) is 5.92 Å². The Bertz CT molecular complexity index is 111. The first kappa shape index (κ1) is 14.9. The molecule has 13 heavy (non-hydrogen) atoms. The minimum atomic E-state index is -0.0423. The summed E-state index contributed by atoms with van der Waals surface area (Å²) >= 11 is 0. The molecule has 0 aliphatic carbocycles. The van der Waals surface area contributed by atoms with Crippen LogP contribution in [0.1, 0.15) is 34.6 Å². The van der Waals surface area contributed by atoms with Gasteiger partial charge in [0.05, 0.1) is 0 Å². The zero-order chi connectivity index (χ0) is 10.7. The molecule has 0 aromatic carbocycles. The fourth-order valence-corrected chi connectivity index (χ4v) is 0.443. The lowest BCUT2D eigenvalue weighted by Gasteiger charge is -1.99. The van der Waals surface area contributed by atoms with Crippen molar-refractivity contribution < 1.29 is 9.53 Å². The molecular weight excluding hydrogens is 166 g/mol. The summed E-state index contributed by atoms with van der Waals surface area (Å²) in [6.45, 7) is 11.7. The van der Waals surface area contributed by atoms with Crippen LogP contribution in [0.5, 0.6) is 0 Å². The Labute approximate surface area is 81.9 Å². The highest BCUT2D eigenvalue weighted by atomic mass is 16.5. The Morgan fingerprint density at radius 3 is 2.08 bits per heavy atom. The lowest BCUT2D eigenvalue weighted by Crippen LogP contribution is -2.26. The Morgan fingerprint density at radius 1 is 1.31 bits per heavy atom. The zero-order valence-electron chi connectivity index (χ0n) is 9.52. The van der Waals surface area contributed by atoms with Crippen molar-refractivity contribution >= 4 is 5.91 Å². The second kappa shape index (κ2) is 11.4. The molecular formula is C10H23NO2. The summed E-state index contributed by atoms with van der Waals surface area (Å²) in [5.41, 5.74) is 0. The number of carbonyl (C=O) groups is 1. The predicted molar refractivity (Wildman–Crippen MR) is 55.7 cm³/mol. The van der Waals surface area contributed by atoms with Crippen LogP contribution in [-0.2, 0) is 9.53 Å². The molecule has 0 unspecified atom stereocenters. The topological polar surface area (TPSA) is 38.3 Å². The molecule has 0 spiro atoms. The van der Waals surface area contributed by atoms with Crippen molar-refractivity contribution in [1.82, 2.24) is 5.32 Å². The van der Waals surface area contributed by atoms with Crippen molar-refractivity contribution in [1.29, 1.82) is 0 Å². The van der Waals surface area contributed by atoms with Gasteiger partial charge in [0.1, 0.15) is 6.61 Å². The number of ether oxygens (including phenoxy) is 1. The second-order valence-electron chi connectivity index (χ2n) is 3.32. The molecule has 1 N–H and O–H groups in total. The van der Waals surface area contributed by atoms with Crippen LogP contribution in [0.3, 0.4) is 0 Å². The largest absolute Gasteiger partial charge is 0.372 e. The third-order valence-electron chi connectivity index (χ3n) is 0.811. The summed E-state index contributed by atoms with van der Waals surface area (Å²) < 4.78 is 4.84. The summed E-state index contributed by atoms with van der Waals surface area (Å²) in [4.78, 5) is 10.6. The van der Waals surface area contributed by atoms with Gasteiger partial charge in [-0.3, -0.25) is 4.79 Å². The quantitative estimate of drug-likeness (QED) is 0.732. The van der Waals surface area contributed by atoms with E-state index in [2.05, 4.69) is 26.1 Å². The molecule has 0 aromatic rings. The molecule has 3 nitrogen and oxygen atoms in total. The first-order valence-corrected chi connectivity index (χ1v) is 4.88. The molecule has 0 fully saturated rings. The molecule has 3 heteroatoms. The van der Waals surface area contributed by atoms with E-state index in [-0.39, 0.29) is 12.5 Å². The van der Waals surface area contributed by atoms with Crippen LogP contribution in [0.25, 0.3) is 0 Å². The van der Waals surface area contributed by atoms with Crippen LogP contribution >= 0.6 is 0 Å². The second-order valence-corrected chi connectivity index (χ2v) is 3.32. The van der Waals surface area contributed by atoms with Gasteiger partial charge in [-0.05, 0) is 19.8 Å². The normalized spacial score (nSPS) is 9.08. The fraction of sp³-hybridized carbons (Fsp3) is 0.900. The Morgan fingerprint density at radius 2 is 1.77 bits per heavy atom. The lowest BCUT2D eigenvalue weighted by molar-refractivity contribution is -0.125. The number of amides is 1. The highest BCUT2D eigenvalue weighted by Crippen LogP contribution is 1.81. The maximum Gasteiger partial charge on any atom is 0.245 e. The van der Waals surface area contributed by atoms with Crippen LogP contribution in [-0.4, -0.2) is 25.7 Å². The minimum Gasteiger partial charge on any atom is -0.372 e. The van der Waals surface area contributed by atoms with Crippen molar-refractivity contribution in [2.24, 2.45) is 5.92 Å². The van der Waals surface area contributed by atoms with Crippen LogP contribution < -0.4 is 5.32 Å². The lowest BCUT2D eigenvalue weighted by atomic mass is 10.3.